The maximum atomic E-state index is 8.81. The Morgan fingerprint density at radius 3 is 2.76 bits per heavy atom. The fourth-order valence-electron chi connectivity index (χ4n) is 1.36. The van der Waals surface area contributed by atoms with E-state index in [1.54, 1.807) is 29.5 Å². The summed E-state index contributed by atoms with van der Waals surface area (Å²) in [4.78, 5) is 1.12. The third kappa shape index (κ3) is 3.13. The van der Waals surface area contributed by atoms with Crippen molar-refractivity contribution in [1.29, 1.82) is 5.26 Å². The molecular formula is C12H8Cl2N2S. The Bertz CT molecular complexity index is 572. The van der Waals surface area contributed by atoms with Gasteiger partial charge in [-0.25, -0.2) is 0 Å². The Morgan fingerprint density at radius 2 is 2.12 bits per heavy atom. The molecule has 2 nitrogen and oxygen atoms in total. The van der Waals surface area contributed by atoms with Crippen molar-refractivity contribution >= 4 is 40.2 Å². The van der Waals surface area contributed by atoms with Crippen LogP contribution in [0.3, 0.4) is 0 Å². The van der Waals surface area contributed by atoms with E-state index in [1.165, 1.54) is 0 Å². The number of nitrogens with one attached hydrogen (secondary N) is 1. The number of nitrogens with zero attached hydrogens (tertiary/aromatic N) is 1. The van der Waals surface area contributed by atoms with Gasteiger partial charge in [0.25, 0.3) is 0 Å². The molecule has 1 heterocycles. The second-order valence-corrected chi connectivity index (χ2v) is 5.23. The number of benzene rings is 1. The fourth-order valence-corrected chi connectivity index (χ4v) is 2.56. The van der Waals surface area contributed by atoms with Crippen molar-refractivity contribution in [3.8, 4) is 6.07 Å². The summed E-state index contributed by atoms with van der Waals surface area (Å²) in [7, 11) is 0. The van der Waals surface area contributed by atoms with E-state index in [4.69, 9.17) is 28.5 Å². The number of nitriles is 1. The SMILES string of the molecule is N#Cc1ccc(Cl)c(NCc2cc(Cl)cs2)c1. The highest BCUT2D eigenvalue weighted by atomic mass is 35.5. The van der Waals surface area contributed by atoms with E-state index >= 15 is 0 Å². The van der Waals surface area contributed by atoms with Crippen LogP contribution in [0.15, 0.2) is 29.6 Å². The number of thiophene rings is 1. The average Bonchev–Trinajstić information content (AvgIpc) is 2.74. The van der Waals surface area contributed by atoms with E-state index in [2.05, 4.69) is 11.4 Å². The van der Waals surface area contributed by atoms with Crippen LogP contribution in [0, 0.1) is 11.3 Å². The normalized spacial score (nSPS) is 9.94. The van der Waals surface area contributed by atoms with E-state index in [0.717, 1.165) is 15.6 Å². The van der Waals surface area contributed by atoms with E-state index in [-0.39, 0.29) is 0 Å². The smallest absolute Gasteiger partial charge is 0.0992 e. The number of hydrogen-bond donors (Lipinski definition) is 1. The molecule has 86 valence electrons. The average molecular weight is 283 g/mol. The Hall–Kier alpha value is -1.21. The molecule has 0 aliphatic rings. The van der Waals surface area contributed by atoms with Crippen LogP contribution in [-0.2, 0) is 6.54 Å². The molecule has 0 unspecified atom stereocenters. The molecule has 0 saturated carbocycles. The summed E-state index contributed by atoms with van der Waals surface area (Å²) in [5.41, 5.74) is 1.34. The molecule has 1 aromatic carbocycles. The number of halogens is 2. The largest absolute Gasteiger partial charge is 0.379 e. The first-order valence-electron chi connectivity index (χ1n) is 4.85. The topological polar surface area (TPSA) is 35.8 Å². The summed E-state index contributed by atoms with van der Waals surface area (Å²) in [6, 6.07) is 9.12. The summed E-state index contributed by atoms with van der Waals surface area (Å²) < 4.78 is 0. The molecule has 1 aromatic heterocycles. The quantitative estimate of drug-likeness (QED) is 0.897. The molecule has 0 fully saturated rings. The lowest BCUT2D eigenvalue weighted by Gasteiger charge is -2.07. The van der Waals surface area contributed by atoms with Gasteiger partial charge in [0, 0.05) is 16.8 Å². The Labute approximate surface area is 113 Å². The van der Waals surface area contributed by atoms with E-state index in [1.807, 2.05) is 11.4 Å². The van der Waals surface area contributed by atoms with E-state index in [9.17, 15) is 0 Å². The predicted molar refractivity (Wildman–Crippen MR) is 72.8 cm³/mol. The zero-order valence-electron chi connectivity index (χ0n) is 8.71. The minimum Gasteiger partial charge on any atom is -0.379 e. The van der Waals surface area contributed by atoms with Crippen molar-refractivity contribution in [2.24, 2.45) is 0 Å². The van der Waals surface area contributed by atoms with Gasteiger partial charge < -0.3 is 5.32 Å². The number of anilines is 1. The molecule has 0 amide bonds. The highest BCUT2D eigenvalue weighted by Crippen LogP contribution is 2.25. The molecule has 0 saturated heterocycles. The zero-order chi connectivity index (χ0) is 12.3. The Kier molecular flexibility index (Phi) is 3.90. The molecule has 2 rings (SSSR count). The predicted octanol–water partition coefficient (Wildman–Crippen LogP) is 4.54. The fraction of sp³-hybridized carbons (Fsp3) is 0.0833. The summed E-state index contributed by atoms with van der Waals surface area (Å²) in [5, 5.41) is 15.2. The Morgan fingerprint density at radius 1 is 1.29 bits per heavy atom. The molecule has 2 aromatic rings. The molecule has 0 aliphatic carbocycles. The molecule has 5 heteroatoms. The van der Waals surface area contributed by atoms with Crippen LogP contribution < -0.4 is 5.32 Å². The molecule has 0 radical (unpaired) electrons. The van der Waals surface area contributed by atoms with Gasteiger partial charge in [0.2, 0.25) is 0 Å². The van der Waals surface area contributed by atoms with Gasteiger partial charge in [0.15, 0.2) is 0 Å². The summed E-state index contributed by atoms with van der Waals surface area (Å²) in [6.45, 7) is 0.645. The van der Waals surface area contributed by atoms with Crippen molar-refractivity contribution < 1.29 is 0 Å². The Balaban J connectivity index is 2.11. The van der Waals surface area contributed by atoms with Crippen molar-refractivity contribution in [2.75, 3.05) is 5.32 Å². The van der Waals surface area contributed by atoms with Crippen LogP contribution in [0.25, 0.3) is 0 Å². The van der Waals surface area contributed by atoms with Gasteiger partial charge in [-0.1, -0.05) is 23.2 Å². The highest BCUT2D eigenvalue weighted by Gasteiger charge is 2.03. The van der Waals surface area contributed by atoms with Crippen LogP contribution in [0.2, 0.25) is 10.0 Å². The third-order valence-corrected chi connectivity index (χ3v) is 3.78. The monoisotopic (exact) mass is 282 g/mol. The van der Waals surface area contributed by atoms with Crippen LogP contribution in [0.4, 0.5) is 5.69 Å². The number of rotatable bonds is 3. The number of hydrogen-bond acceptors (Lipinski definition) is 3. The van der Waals surface area contributed by atoms with Gasteiger partial charge in [0.1, 0.15) is 0 Å². The zero-order valence-corrected chi connectivity index (χ0v) is 11.0. The molecule has 0 aliphatic heterocycles. The standard InChI is InChI=1S/C12H8Cl2N2S/c13-9-4-10(17-7-9)6-16-12-3-8(5-15)1-2-11(12)14/h1-4,7,16H,6H2. The van der Waals surface area contributed by atoms with Crippen molar-refractivity contribution in [1.82, 2.24) is 0 Å². The van der Waals surface area contributed by atoms with Crippen LogP contribution in [-0.4, -0.2) is 0 Å². The summed E-state index contributed by atoms with van der Waals surface area (Å²) in [6.07, 6.45) is 0. The third-order valence-electron chi connectivity index (χ3n) is 2.17. The summed E-state index contributed by atoms with van der Waals surface area (Å²) in [5.74, 6) is 0. The minimum atomic E-state index is 0.584. The van der Waals surface area contributed by atoms with E-state index < -0.39 is 0 Å². The molecule has 17 heavy (non-hydrogen) atoms. The first kappa shape index (κ1) is 12.3. The van der Waals surface area contributed by atoms with Gasteiger partial charge in [-0.2, -0.15) is 5.26 Å². The molecule has 0 atom stereocenters. The van der Waals surface area contributed by atoms with Crippen molar-refractivity contribution in [2.45, 2.75) is 6.54 Å². The first-order chi connectivity index (χ1) is 8.19. The summed E-state index contributed by atoms with van der Waals surface area (Å²) >= 11 is 13.4. The van der Waals surface area contributed by atoms with Crippen molar-refractivity contribution in [3.05, 3.63) is 50.1 Å². The van der Waals surface area contributed by atoms with Gasteiger partial charge in [-0.3, -0.25) is 0 Å². The van der Waals surface area contributed by atoms with Gasteiger partial charge in [0.05, 0.1) is 27.4 Å². The van der Waals surface area contributed by atoms with E-state index in [0.29, 0.717) is 17.1 Å². The lowest BCUT2D eigenvalue weighted by Crippen LogP contribution is -1.98. The van der Waals surface area contributed by atoms with Gasteiger partial charge in [-0.05, 0) is 24.3 Å². The lowest BCUT2D eigenvalue weighted by molar-refractivity contribution is 1.19. The molecule has 0 bridgehead atoms. The second kappa shape index (κ2) is 5.42. The highest BCUT2D eigenvalue weighted by molar-refractivity contribution is 7.10. The van der Waals surface area contributed by atoms with Gasteiger partial charge in [-0.15, -0.1) is 11.3 Å². The maximum Gasteiger partial charge on any atom is 0.0992 e. The van der Waals surface area contributed by atoms with Crippen LogP contribution in [0.1, 0.15) is 10.4 Å². The first-order valence-corrected chi connectivity index (χ1v) is 6.49. The molecule has 1 N–H and O–H groups in total. The van der Waals surface area contributed by atoms with Gasteiger partial charge >= 0.3 is 0 Å². The second-order valence-electron chi connectivity index (χ2n) is 3.39. The van der Waals surface area contributed by atoms with Crippen LogP contribution >= 0.6 is 34.5 Å². The minimum absolute atomic E-state index is 0.584. The van der Waals surface area contributed by atoms with Crippen molar-refractivity contribution in [3.63, 3.8) is 0 Å². The molecule has 0 spiro atoms. The molecular weight excluding hydrogens is 275 g/mol. The maximum absolute atomic E-state index is 8.81. The van der Waals surface area contributed by atoms with Crippen LogP contribution in [0.5, 0.6) is 0 Å². The lowest BCUT2D eigenvalue weighted by atomic mass is 10.2.